The van der Waals surface area contributed by atoms with E-state index >= 15 is 0 Å². The minimum atomic E-state index is -0.156. The minimum Gasteiger partial charge on any atom is -0.496 e. The fourth-order valence-corrected chi connectivity index (χ4v) is 5.51. The van der Waals surface area contributed by atoms with Crippen molar-refractivity contribution in [3.63, 3.8) is 0 Å². The summed E-state index contributed by atoms with van der Waals surface area (Å²) in [5.41, 5.74) is 3.28. The van der Waals surface area contributed by atoms with E-state index in [1.54, 1.807) is 22.9 Å². The van der Waals surface area contributed by atoms with E-state index in [4.69, 9.17) is 4.74 Å². The van der Waals surface area contributed by atoms with Crippen LogP contribution in [0.4, 0.5) is 5.00 Å². The molecule has 4 rings (SSSR count). The number of methoxy groups -OCH3 is 1. The van der Waals surface area contributed by atoms with E-state index in [0.717, 1.165) is 27.4 Å². The first-order valence-electron chi connectivity index (χ1n) is 11.1. The van der Waals surface area contributed by atoms with Gasteiger partial charge in [-0.25, -0.2) is 4.98 Å². The van der Waals surface area contributed by atoms with Crippen LogP contribution in [0.1, 0.15) is 46.5 Å². The lowest BCUT2D eigenvalue weighted by Gasteiger charge is -2.27. The number of nitriles is 1. The van der Waals surface area contributed by atoms with Crippen molar-refractivity contribution in [2.24, 2.45) is 0 Å². The number of anilines is 1. The van der Waals surface area contributed by atoms with Crippen molar-refractivity contribution in [2.45, 2.75) is 45.7 Å². The summed E-state index contributed by atoms with van der Waals surface area (Å²) < 4.78 is 7.19. The Morgan fingerprint density at radius 3 is 2.85 bits per heavy atom. The molecule has 2 aromatic heterocycles. The Morgan fingerprint density at radius 1 is 1.35 bits per heavy atom. The molecule has 1 atom stereocenters. The first-order chi connectivity index (χ1) is 16.4. The highest BCUT2D eigenvalue weighted by atomic mass is 32.1. The molecule has 9 heteroatoms. The van der Waals surface area contributed by atoms with Crippen molar-refractivity contribution in [1.82, 2.24) is 14.5 Å². The Bertz CT molecular complexity index is 1260. The molecule has 8 nitrogen and oxygen atoms in total. The van der Waals surface area contributed by atoms with Gasteiger partial charge in [-0.05, 0) is 36.5 Å². The molecule has 0 fully saturated rings. The van der Waals surface area contributed by atoms with Crippen molar-refractivity contribution in [2.75, 3.05) is 19.0 Å². The molecule has 0 aliphatic carbocycles. The van der Waals surface area contributed by atoms with Gasteiger partial charge in [-0.3, -0.25) is 9.59 Å². The largest absolute Gasteiger partial charge is 0.496 e. The normalized spacial score (nSPS) is 13.6. The summed E-state index contributed by atoms with van der Waals surface area (Å²) in [4.78, 5) is 32.5. The number of hydrogen-bond donors (Lipinski definition) is 1. The number of rotatable bonds is 7. The average Bonchev–Trinajstić information content (AvgIpc) is 3.39. The summed E-state index contributed by atoms with van der Waals surface area (Å²) >= 11 is 1.38. The number of para-hydroxylation sites is 1. The Hall–Kier alpha value is -3.64. The van der Waals surface area contributed by atoms with Crippen LogP contribution in [0.15, 0.2) is 36.8 Å². The molecule has 34 heavy (non-hydrogen) atoms. The van der Waals surface area contributed by atoms with Gasteiger partial charge in [0.15, 0.2) is 0 Å². The number of carbonyl (C=O) groups excluding carboxylic acids is 2. The second-order valence-electron chi connectivity index (χ2n) is 8.47. The second-order valence-corrected chi connectivity index (χ2v) is 9.57. The summed E-state index contributed by atoms with van der Waals surface area (Å²) in [6, 6.07) is 9.92. The van der Waals surface area contributed by atoms with Crippen LogP contribution in [0, 0.1) is 18.3 Å². The Labute approximate surface area is 202 Å². The van der Waals surface area contributed by atoms with Crippen LogP contribution < -0.4 is 10.1 Å². The number of nitrogens with zero attached hydrogens (tertiary/aromatic N) is 4. The smallest absolute Gasteiger partial charge is 0.242 e. The predicted octanol–water partition coefficient (Wildman–Crippen LogP) is 3.85. The molecule has 3 aromatic rings. The van der Waals surface area contributed by atoms with Gasteiger partial charge in [0, 0.05) is 24.0 Å². The van der Waals surface area contributed by atoms with E-state index in [1.165, 1.54) is 11.3 Å². The number of benzene rings is 1. The van der Waals surface area contributed by atoms with Crippen molar-refractivity contribution in [3.8, 4) is 11.8 Å². The molecular formula is C25H27N5O3S. The summed E-state index contributed by atoms with van der Waals surface area (Å²) in [5.74, 6) is 0.557. The van der Waals surface area contributed by atoms with Crippen LogP contribution in [0.25, 0.3) is 0 Å². The van der Waals surface area contributed by atoms with Crippen molar-refractivity contribution in [3.05, 3.63) is 64.1 Å². The number of imidazole rings is 1. The molecule has 2 amide bonds. The SMILES string of the molecule is COc1ccccc1C(C)CC(=O)Nc1sc2c(c1C#N)CCN(C(=O)Cn1cnc(C)c1)C2. The number of nitrogens with one attached hydrogen (secondary N) is 1. The molecule has 1 unspecified atom stereocenters. The van der Waals surface area contributed by atoms with Crippen LogP contribution in [0.2, 0.25) is 0 Å². The summed E-state index contributed by atoms with van der Waals surface area (Å²) in [6.07, 6.45) is 4.35. The van der Waals surface area contributed by atoms with Gasteiger partial charge in [0.2, 0.25) is 11.8 Å². The maximum atomic E-state index is 12.8. The lowest BCUT2D eigenvalue weighted by Crippen LogP contribution is -2.37. The van der Waals surface area contributed by atoms with E-state index in [2.05, 4.69) is 16.4 Å². The molecular weight excluding hydrogens is 450 g/mol. The molecule has 0 radical (unpaired) electrons. The van der Waals surface area contributed by atoms with E-state index in [0.29, 0.717) is 30.1 Å². The number of thiophene rings is 1. The van der Waals surface area contributed by atoms with Crippen molar-refractivity contribution >= 4 is 28.2 Å². The molecule has 0 spiro atoms. The van der Waals surface area contributed by atoms with Gasteiger partial charge in [0.1, 0.15) is 23.4 Å². The summed E-state index contributed by atoms with van der Waals surface area (Å²) in [7, 11) is 1.62. The first-order valence-corrected chi connectivity index (χ1v) is 11.9. The zero-order chi connectivity index (χ0) is 24.2. The number of carbonyl (C=O) groups is 2. The standard InChI is InChI=1S/C25H27N5O3S/c1-16(18-6-4-5-7-21(18)33-3)10-23(31)28-25-20(11-26)19-8-9-30(13-22(19)34-25)24(32)14-29-12-17(2)27-15-29/h4-7,12,15-16H,8-10,13-14H2,1-3H3,(H,28,31). The summed E-state index contributed by atoms with van der Waals surface area (Å²) in [6.45, 7) is 5.08. The molecule has 1 aromatic carbocycles. The van der Waals surface area contributed by atoms with E-state index in [1.807, 2.05) is 44.3 Å². The number of amides is 2. The molecule has 0 saturated carbocycles. The van der Waals surface area contributed by atoms with Gasteiger partial charge in [-0.15, -0.1) is 11.3 Å². The molecule has 176 valence electrons. The third kappa shape index (κ3) is 4.97. The lowest BCUT2D eigenvalue weighted by molar-refractivity contribution is -0.132. The average molecular weight is 478 g/mol. The van der Waals surface area contributed by atoms with Gasteiger partial charge in [-0.1, -0.05) is 25.1 Å². The minimum absolute atomic E-state index is 0.00572. The van der Waals surface area contributed by atoms with Crippen LogP contribution in [-0.4, -0.2) is 39.9 Å². The molecule has 3 heterocycles. The third-order valence-corrected chi connectivity index (χ3v) is 7.15. The first kappa shape index (κ1) is 23.5. The monoisotopic (exact) mass is 477 g/mol. The van der Waals surface area contributed by atoms with Gasteiger partial charge in [0.05, 0.1) is 31.2 Å². The quantitative estimate of drug-likeness (QED) is 0.557. The fraction of sp³-hybridized carbons (Fsp3) is 0.360. The van der Waals surface area contributed by atoms with Crippen LogP contribution >= 0.6 is 11.3 Å². The van der Waals surface area contributed by atoms with E-state index in [9.17, 15) is 14.9 Å². The zero-order valence-corrected chi connectivity index (χ0v) is 20.3. The number of fused-ring (bicyclic) bond motifs is 1. The van der Waals surface area contributed by atoms with Gasteiger partial charge in [-0.2, -0.15) is 5.26 Å². The highest BCUT2D eigenvalue weighted by molar-refractivity contribution is 7.16. The number of ether oxygens (including phenoxy) is 1. The fourth-order valence-electron chi connectivity index (χ4n) is 4.28. The van der Waals surface area contributed by atoms with Gasteiger partial charge >= 0.3 is 0 Å². The molecule has 0 saturated heterocycles. The molecule has 1 N–H and O–H groups in total. The van der Waals surface area contributed by atoms with Crippen LogP contribution in [0.5, 0.6) is 5.75 Å². The van der Waals surface area contributed by atoms with E-state index in [-0.39, 0.29) is 30.7 Å². The maximum absolute atomic E-state index is 12.8. The molecule has 1 aliphatic rings. The number of hydrogen-bond acceptors (Lipinski definition) is 6. The highest BCUT2D eigenvalue weighted by Crippen LogP contribution is 2.37. The highest BCUT2D eigenvalue weighted by Gasteiger charge is 2.28. The van der Waals surface area contributed by atoms with Crippen molar-refractivity contribution < 1.29 is 14.3 Å². The number of aromatic nitrogens is 2. The Balaban J connectivity index is 1.44. The Morgan fingerprint density at radius 2 is 2.15 bits per heavy atom. The third-order valence-electron chi connectivity index (χ3n) is 6.02. The Kier molecular flexibility index (Phi) is 6.98. The van der Waals surface area contributed by atoms with Crippen molar-refractivity contribution in [1.29, 1.82) is 5.26 Å². The predicted molar refractivity (Wildman–Crippen MR) is 130 cm³/mol. The molecule has 1 aliphatic heterocycles. The van der Waals surface area contributed by atoms with Crippen LogP contribution in [-0.2, 0) is 29.1 Å². The number of aryl methyl sites for hydroxylation is 1. The topological polar surface area (TPSA) is 100 Å². The van der Waals surface area contributed by atoms with Gasteiger partial charge < -0.3 is 19.5 Å². The van der Waals surface area contributed by atoms with Gasteiger partial charge in [0.25, 0.3) is 0 Å². The van der Waals surface area contributed by atoms with Crippen LogP contribution in [0.3, 0.4) is 0 Å². The lowest BCUT2D eigenvalue weighted by atomic mass is 9.96. The molecule has 0 bridgehead atoms. The van der Waals surface area contributed by atoms with E-state index < -0.39 is 0 Å². The second kappa shape index (κ2) is 10.1. The zero-order valence-electron chi connectivity index (χ0n) is 19.5. The maximum Gasteiger partial charge on any atom is 0.242 e. The summed E-state index contributed by atoms with van der Waals surface area (Å²) in [5, 5.41) is 13.3.